The van der Waals surface area contributed by atoms with E-state index in [-0.39, 0.29) is 31.7 Å². The number of hydrogen-bond acceptors (Lipinski definition) is 17. The SMILES string of the molecule is NC[C@@H]1CC[C@@H](N)[C@@H](O[C@H]2[C@H](O[C@@H]3O[C@H](CO)[C@@H](O[C@H]4O[C@@H](CN)CC[C@H]4N)[C@H]3O)[C@@H](O)[C@H](NC(=O)[C@@H](O)[C@H](F)CN)C[C@@H]2N)O1. The number of alkyl halides is 1. The Balaban J connectivity index is 1.54. The number of aliphatic hydroxyl groups is 4. The van der Waals surface area contributed by atoms with Crippen molar-refractivity contribution < 1.29 is 58.0 Å². The van der Waals surface area contributed by atoms with E-state index in [4.69, 9.17) is 62.8 Å². The predicted octanol–water partition coefficient (Wildman–Crippen LogP) is -5.96. The van der Waals surface area contributed by atoms with Crippen LogP contribution in [0.2, 0.25) is 0 Å². The number of halogens is 1. The van der Waals surface area contributed by atoms with Crippen LogP contribution in [-0.4, -0.2) is 157 Å². The third kappa shape index (κ3) is 8.67. The average molecular weight is 670 g/mol. The quantitative estimate of drug-likeness (QED) is 0.0869. The van der Waals surface area contributed by atoms with Crippen LogP contribution in [0.4, 0.5) is 4.39 Å². The largest absolute Gasteiger partial charge is 0.394 e. The van der Waals surface area contributed by atoms with Gasteiger partial charge in [0.15, 0.2) is 25.0 Å². The second-order valence-electron chi connectivity index (χ2n) is 12.4. The highest BCUT2D eigenvalue weighted by Crippen LogP contribution is 2.34. The number of nitrogens with one attached hydrogen (secondary N) is 1. The predicted molar refractivity (Wildman–Crippen MR) is 157 cm³/mol. The second kappa shape index (κ2) is 16.9. The molecule has 46 heavy (non-hydrogen) atoms. The van der Waals surface area contributed by atoms with Gasteiger partial charge in [0, 0.05) is 25.7 Å². The van der Waals surface area contributed by atoms with E-state index in [9.17, 15) is 29.6 Å². The Hall–Kier alpha value is -1.24. The van der Waals surface area contributed by atoms with Gasteiger partial charge in [0.05, 0.1) is 36.9 Å². The molecule has 0 bridgehead atoms. The van der Waals surface area contributed by atoms with E-state index in [0.717, 1.165) is 0 Å². The van der Waals surface area contributed by atoms with Crippen molar-refractivity contribution in [3.05, 3.63) is 0 Å². The van der Waals surface area contributed by atoms with Gasteiger partial charge in [-0.15, -0.1) is 0 Å². The first kappa shape index (κ1) is 37.6. The normalized spacial score (nSPS) is 44.9. The maximum atomic E-state index is 14.0. The highest BCUT2D eigenvalue weighted by Gasteiger charge is 2.53. The molecule has 3 aliphatic heterocycles. The molecule has 19 heteroatoms. The number of nitrogens with two attached hydrogens (primary N) is 6. The molecule has 3 saturated heterocycles. The molecule has 4 aliphatic rings. The van der Waals surface area contributed by atoms with Crippen LogP contribution in [0.1, 0.15) is 32.1 Å². The summed E-state index contributed by atoms with van der Waals surface area (Å²) in [5.74, 6) is -1.12. The maximum absolute atomic E-state index is 14.0. The van der Waals surface area contributed by atoms with Gasteiger partial charge in [-0.2, -0.15) is 0 Å². The molecule has 1 saturated carbocycles. The zero-order valence-electron chi connectivity index (χ0n) is 25.7. The number of amides is 1. The molecule has 1 amide bonds. The van der Waals surface area contributed by atoms with Gasteiger partial charge in [-0.3, -0.25) is 4.79 Å². The number of carbonyl (C=O) groups is 1. The molecule has 0 spiro atoms. The van der Waals surface area contributed by atoms with Crippen LogP contribution >= 0.6 is 0 Å². The van der Waals surface area contributed by atoms with Crippen LogP contribution in [0.25, 0.3) is 0 Å². The summed E-state index contributed by atoms with van der Waals surface area (Å²) in [6.07, 6.45) is -13.9. The lowest BCUT2D eigenvalue weighted by atomic mass is 9.83. The van der Waals surface area contributed by atoms with Gasteiger partial charge >= 0.3 is 0 Å². The smallest absolute Gasteiger partial charge is 0.252 e. The Bertz CT molecular complexity index is 968. The molecule has 268 valence electrons. The molecule has 1 aliphatic carbocycles. The van der Waals surface area contributed by atoms with Gasteiger partial charge in [-0.25, -0.2) is 4.39 Å². The molecular weight excluding hydrogens is 617 g/mol. The van der Waals surface area contributed by atoms with Gasteiger partial charge in [0.2, 0.25) is 0 Å². The summed E-state index contributed by atoms with van der Waals surface area (Å²) in [4.78, 5) is 12.6. The average Bonchev–Trinajstić information content (AvgIpc) is 3.35. The molecule has 3 heterocycles. The third-order valence-electron chi connectivity index (χ3n) is 9.05. The summed E-state index contributed by atoms with van der Waals surface area (Å²) in [5, 5.41) is 45.3. The van der Waals surface area contributed by atoms with E-state index in [1.807, 2.05) is 0 Å². The van der Waals surface area contributed by atoms with Crippen molar-refractivity contribution in [2.45, 2.75) is 136 Å². The zero-order valence-corrected chi connectivity index (χ0v) is 25.7. The van der Waals surface area contributed by atoms with Crippen molar-refractivity contribution in [1.29, 1.82) is 0 Å². The lowest BCUT2D eigenvalue weighted by molar-refractivity contribution is -0.288. The molecule has 4 fully saturated rings. The molecule has 0 unspecified atom stereocenters. The Labute approximate surface area is 266 Å². The molecule has 17 atom stereocenters. The molecule has 17 N–H and O–H groups in total. The summed E-state index contributed by atoms with van der Waals surface area (Å²) < 4.78 is 49.8. The minimum Gasteiger partial charge on any atom is -0.394 e. The first-order valence-electron chi connectivity index (χ1n) is 15.8. The van der Waals surface area contributed by atoms with Gasteiger partial charge in [0.1, 0.15) is 42.8 Å². The van der Waals surface area contributed by atoms with Crippen LogP contribution in [0.15, 0.2) is 0 Å². The second-order valence-corrected chi connectivity index (χ2v) is 12.4. The van der Waals surface area contributed by atoms with E-state index < -0.39 is 111 Å². The van der Waals surface area contributed by atoms with Crippen LogP contribution in [0, 0.1) is 0 Å². The fourth-order valence-corrected chi connectivity index (χ4v) is 6.23. The van der Waals surface area contributed by atoms with Crippen LogP contribution in [0.5, 0.6) is 0 Å². The Morgan fingerprint density at radius 3 is 1.87 bits per heavy atom. The fraction of sp³-hybridized carbons (Fsp3) is 0.963. The molecule has 0 aromatic heterocycles. The molecule has 0 aromatic rings. The van der Waals surface area contributed by atoms with Gasteiger partial charge in [0.25, 0.3) is 5.91 Å². The Kier molecular flexibility index (Phi) is 13.8. The number of ether oxygens (including phenoxy) is 6. The highest BCUT2D eigenvalue weighted by molar-refractivity contribution is 5.81. The van der Waals surface area contributed by atoms with Gasteiger partial charge in [-0.1, -0.05) is 0 Å². The van der Waals surface area contributed by atoms with E-state index in [2.05, 4.69) is 5.32 Å². The first-order chi connectivity index (χ1) is 21.9. The van der Waals surface area contributed by atoms with E-state index in [1.165, 1.54) is 0 Å². The van der Waals surface area contributed by atoms with Crippen molar-refractivity contribution in [3.8, 4) is 0 Å². The maximum Gasteiger partial charge on any atom is 0.252 e. The van der Waals surface area contributed by atoms with Crippen LogP contribution in [-0.2, 0) is 33.2 Å². The van der Waals surface area contributed by atoms with Crippen molar-refractivity contribution in [1.82, 2.24) is 5.32 Å². The Morgan fingerprint density at radius 2 is 1.35 bits per heavy atom. The summed E-state index contributed by atoms with van der Waals surface area (Å²) >= 11 is 0. The third-order valence-corrected chi connectivity index (χ3v) is 9.05. The van der Waals surface area contributed by atoms with E-state index >= 15 is 0 Å². The van der Waals surface area contributed by atoms with Crippen molar-refractivity contribution in [2.24, 2.45) is 34.4 Å². The van der Waals surface area contributed by atoms with Crippen LogP contribution in [0.3, 0.4) is 0 Å². The molecule has 0 radical (unpaired) electrons. The molecule has 18 nitrogen and oxygen atoms in total. The monoisotopic (exact) mass is 669 g/mol. The summed E-state index contributed by atoms with van der Waals surface area (Å²) in [7, 11) is 0. The summed E-state index contributed by atoms with van der Waals surface area (Å²) in [6, 6.07) is -3.21. The van der Waals surface area contributed by atoms with Gasteiger partial charge < -0.3 is 88.6 Å². The molecule has 0 aromatic carbocycles. The van der Waals surface area contributed by atoms with E-state index in [0.29, 0.717) is 25.7 Å². The fourth-order valence-electron chi connectivity index (χ4n) is 6.23. The number of aliphatic hydroxyl groups excluding tert-OH is 4. The number of hydrogen-bond donors (Lipinski definition) is 11. The number of rotatable bonds is 13. The lowest BCUT2D eigenvalue weighted by Gasteiger charge is -2.46. The minimum absolute atomic E-state index is 0.0930. The van der Waals surface area contributed by atoms with Crippen molar-refractivity contribution in [2.75, 3.05) is 26.2 Å². The Morgan fingerprint density at radius 1 is 0.804 bits per heavy atom. The minimum atomic E-state index is -2.10. The lowest BCUT2D eigenvalue weighted by Crippen LogP contribution is -2.67. The number of carbonyl (C=O) groups excluding carboxylic acids is 1. The highest BCUT2D eigenvalue weighted by atomic mass is 19.1. The van der Waals surface area contributed by atoms with Gasteiger partial charge in [-0.05, 0) is 32.1 Å². The molecular formula is C27H52FN7O11. The molecule has 4 rings (SSSR count). The summed E-state index contributed by atoms with van der Waals surface area (Å²) in [5.41, 5.74) is 35.7. The van der Waals surface area contributed by atoms with E-state index in [1.54, 1.807) is 0 Å². The van der Waals surface area contributed by atoms with Crippen LogP contribution < -0.4 is 39.7 Å². The van der Waals surface area contributed by atoms with Crippen molar-refractivity contribution >= 4 is 5.91 Å². The standard InChI is InChI=1S/C27H52FN7O11/c28-12(8-31)18(37)24(40)35-16-5-15(34)21(44-25-13(32)3-1-10(6-29)41-25)23(19(16)38)46-27-20(39)22(17(9-36)43-27)45-26-14(33)4-2-11(7-30)42-26/h10-23,25-27,36-39H,1-9,29-34H2,(H,35,40)/t10-,11+,12+,13+,14+,15-,16+,17+,18-,19-,20+,21+,22+,23+,25+,26+,27-/m0/s1. The zero-order chi connectivity index (χ0) is 33.7. The topological polar surface area (TPSA) is 322 Å². The summed E-state index contributed by atoms with van der Waals surface area (Å²) in [6.45, 7) is -0.735. The van der Waals surface area contributed by atoms with Crippen molar-refractivity contribution in [3.63, 3.8) is 0 Å². The first-order valence-corrected chi connectivity index (χ1v) is 15.8.